The van der Waals surface area contributed by atoms with Crippen molar-refractivity contribution in [1.29, 1.82) is 0 Å². The van der Waals surface area contributed by atoms with E-state index in [9.17, 15) is 0 Å². The van der Waals surface area contributed by atoms with Gasteiger partial charge >= 0.3 is 0 Å². The van der Waals surface area contributed by atoms with Gasteiger partial charge in [0, 0.05) is 16.1 Å². The molecular formula is C11H12ClN3S. The zero-order chi connectivity index (χ0) is 11.5. The Hall–Kier alpha value is -1.26. The molecule has 0 aliphatic carbocycles. The highest BCUT2D eigenvalue weighted by molar-refractivity contribution is 7.13. The number of halogens is 1. The van der Waals surface area contributed by atoms with Crippen LogP contribution >= 0.6 is 22.9 Å². The summed E-state index contributed by atoms with van der Waals surface area (Å²) in [5, 5.41) is 6.56. The highest BCUT2D eigenvalue weighted by atomic mass is 35.5. The predicted octanol–water partition coefficient (Wildman–Crippen LogP) is 3.30. The number of hydrogen-bond donors (Lipinski definition) is 2. The third-order valence-electron chi connectivity index (χ3n) is 2.23. The van der Waals surface area contributed by atoms with Crippen molar-refractivity contribution in [2.24, 2.45) is 0 Å². The van der Waals surface area contributed by atoms with Crippen molar-refractivity contribution in [2.45, 2.75) is 13.5 Å². The summed E-state index contributed by atoms with van der Waals surface area (Å²) in [6.45, 7) is 2.70. The minimum atomic E-state index is 0.597. The lowest BCUT2D eigenvalue weighted by Gasteiger charge is -2.08. The second kappa shape index (κ2) is 4.72. The number of nitrogens with zero attached hydrogens (tertiary/aromatic N) is 1. The SMILES string of the molecule is Cc1ccc(Cl)cc1NCc1csc(N)n1. The van der Waals surface area contributed by atoms with Crippen molar-refractivity contribution >= 4 is 33.8 Å². The van der Waals surface area contributed by atoms with Crippen molar-refractivity contribution in [2.75, 3.05) is 11.1 Å². The molecule has 3 nitrogen and oxygen atoms in total. The predicted molar refractivity (Wildman–Crippen MR) is 70.0 cm³/mol. The number of hydrogen-bond acceptors (Lipinski definition) is 4. The first-order valence-corrected chi connectivity index (χ1v) is 6.11. The topological polar surface area (TPSA) is 50.9 Å². The third kappa shape index (κ3) is 2.65. The van der Waals surface area contributed by atoms with Gasteiger partial charge in [-0.2, -0.15) is 0 Å². The molecule has 84 valence electrons. The Morgan fingerprint density at radius 1 is 1.50 bits per heavy atom. The summed E-state index contributed by atoms with van der Waals surface area (Å²) in [5.74, 6) is 0. The van der Waals surface area contributed by atoms with Gasteiger partial charge in [0.2, 0.25) is 0 Å². The molecule has 16 heavy (non-hydrogen) atoms. The summed E-state index contributed by atoms with van der Waals surface area (Å²) in [6.07, 6.45) is 0. The first kappa shape index (κ1) is 11.2. The molecule has 0 fully saturated rings. The highest BCUT2D eigenvalue weighted by Gasteiger charge is 2.01. The standard InChI is InChI=1S/C11H12ClN3S/c1-7-2-3-8(12)4-10(7)14-5-9-6-16-11(13)15-9/h2-4,6,14H,5H2,1H3,(H2,13,15). The molecule has 0 atom stereocenters. The van der Waals surface area contributed by atoms with Gasteiger partial charge in [-0.3, -0.25) is 0 Å². The van der Waals surface area contributed by atoms with Crippen molar-refractivity contribution in [3.63, 3.8) is 0 Å². The van der Waals surface area contributed by atoms with Crippen LogP contribution in [0.5, 0.6) is 0 Å². The summed E-state index contributed by atoms with van der Waals surface area (Å²) in [4.78, 5) is 4.18. The number of benzene rings is 1. The number of nitrogens with one attached hydrogen (secondary N) is 1. The molecule has 0 amide bonds. The van der Waals surface area contributed by atoms with Crippen molar-refractivity contribution in [3.8, 4) is 0 Å². The average molecular weight is 254 g/mol. The lowest BCUT2D eigenvalue weighted by atomic mass is 10.2. The summed E-state index contributed by atoms with van der Waals surface area (Å²) < 4.78 is 0. The molecule has 0 aliphatic heterocycles. The van der Waals surface area contributed by atoms with Gasteiger partial charge in [-0.05, 0) is 24.6 Å². The maximum Gasteiger partial charge on any atom is 0.180 e. The molecular weight excluding hydrogens is 242 g/mol. The van der Waals surface area contributed by atoms with Gasteiger partial charge < -0.3 is 11.1 Å². The van der Waals surface area contributed by atoms with Crippen LogP contribution in [0.3, 0.4) is 0 Å². The van der Waals surface area contributed by atoms with Crippen LogP contribution in [0.25, 0.3) is 0 Å². The van der Waals surface area contributed by atoms with Gasteiger partial charge in [-0.25, -0.2) is 4.98 Å². The van der Waals surface area contributed by atoms with Crippen molar-refractivity contribution < 1.29 is 0 Å². The molecule has 3 N–H and O–H groups in total. The van der Waals surface area contributed by atoms with Crippen LogP contribution in [0.15, 0.2) is 23.6 Å². The third-order valence-corrected chi connectivity index (χ3v) is 3.19. The fourth-order valence-electron chi connectivity index (χ4n) is 1.37. The number of aryl methyl sites for hydroxylation is 1. The second-order valence-corrected chi connectivity index (χ2v) is 4.82. The second-order valence-electron chi connectivity index (χ2n) is 3.49. The lowest BCUT2D eigenvalue weighted by molar-refractivity contribution is 1.07. The van der Waals surface area contributed by atoms with Gasteiger partial charge in [-0.15, -0.1) is 11.3 Å². The van der Waals surface area contributed by atoms with Crippen LogP contribution in [0.4, 0.5) is 10.8 Å². The maximum atomic E-state index is 5.93. The highest BCUT2D eigenvalue weighted by Crippen LogP contribution is 2.21. The summed E-state index contributed by atoms with van der Waals surface area (Å²) in [5.41, 5.74) is 8.69. The first-order chi connectivity index (χ1) is 7.65. The van der Waals surface area contributed by atoms with Gasteiger partial charge in [0.25, 0.3) is 0 Å². The van der Waals surface area contributed by atoms with Gasteiger partial charge in [0.15, 0.2) is 5.13 Å². The molecule has 0 saturated heterocycles. The number of nitrogen functional groups attached to an aromatic ring is 1. The van der Waals surface area contributed by atoms with Gasteiger partial charge in [-0.1, -0.05) is 17.7 Å². The van der Waals surface area contributed by atoms with Crippen LogP contribution in [-0.2, 0) is 6.54 Å². The molecule has 0 bridgehead atoms. The number of nitrogens with two attached hydrogens (primary N) is 1. The molecule has 1 heterocycles. The monoisotopic (exact) mass is 253 g/mol. The van der Waals surface area contributed by atoms with Crippen LogP contribution in [-0.4, -0.2) is 4.98 Å². The van der Waals surface area contributed by atoms with E-state index in [0.717, 1.165) is 22.0 Å². The summed E-state index contributed by atoms with van der Waals surface area (Å²) in [7, 11) is 0. The number of rotatable bonds is 3. The van der Waals surface area contributed by atoms with Gasteiger partial charge in [0.05, 0.1) is 12.2 Å². The molecule has 0 saturated carbocycles. The van der Waals surface area contributed by atoms with Crippen molar-refractivity contribution in [1.82, 2.24) is 4.98 Å². The number of thiazole rings is 1. The minimum absolute atomic E-state index is 0.597. The molecule has 1 aromatic heterocycles. The lowest BCUT2D eigenvalue weighted by Crippen LogP contribution is -2.01. The molecule has 5 heteroatoms. The summed E-state index contributed by atoms with van der Waals surface area (Å²) in [6, 6.07) is 5.77. The Kier molecular flexibility index (Phi) is 3.31. The summed E-state index contributed by atoms with van der Waals surface area (Å²) >= 11 is 7.38. The minimum Gasteiger partial charge on any atom is -0.379 e. The number of aromatic nitrogens is 1. The zero-order valence-corrected chi connectivity index (χ0v) is 10.4. The Morgan fingerprint density at radius 3 is 3.00 bits per heavy atom. The van der Waals surface area contributed by atoms with E-state index >= 15 is 0 Å². The molecule has 1 aromatic carbocycles. The van der Waals surface area contributed by atoms with Crippen LogP contribution in [0, 0.1) is 6.92 Å². The maximum absolute atomic E-state index is 5.93. The first-order valence-electron chi connectivity index (χ1n) is 4.85. The van der Waals surface area contributed by atoms with Crippen LogP contribution < -0.4 is 11.1 Å². The normalized spacial score (nSPS) is 10.4. The zero-order valence-electron chi connectivity index (χ0n) is 8.83. The van der Waals surface area contributed by atoms with E-state index < -0.39 is 0 Å². The molecule has 0 aliphatic rings. The van der Waals surface area contributed by atoms with E-state index in [2.05, 4.69) is 10.3 Å². The van der Waals surface area contributed by atoms with E-state index in [1.165, 1.54) is 11.3 Å². The molecule has 2 aromatic rings. The van der Waals surface area contributed by atoms with Crippen LogP contribution in [0.2, 0.25) is 5.02 Å². The molecule has 0 unspecified atom stereocenters. The Labute approximate surface area is 103 Å². The van der Waals surface area contributed by atoms with E-state index in [0.29, 0.717) is 11.7 Å². The molecule has 0 radical (unpaired) electrons. The largest absolute Gasteiger partial charge is 0.379 e. The van der Waals surface area contributed by atoms with Crippen molar-refractivity contribution in [3.05, 3.63) is 39.9 Å². The Balaban J connectivity index is 2.07. The van der Waals surface area contributed by atoms with E-state index in [1.54, 1.807) is 0 Å². The molecule has 2 rings (SSSR count). The van der Waals surface area contributed by atoms with E-state index in [1.807, 2.05) is 30.5 Å². The Morgan fingerprint density at radius 2 is 2.31 bits per heavy atom. The fraction of sp³-hybridized carbons (Fsp3) is 0.182. The fourth-order valence-corrected chi connectivity index (χ4v) is 2.11. The van der Waals surface area contributed by atoms with Gasteiger partial charge in [0.1, 0.15) is 0 Å². The molecule has 0 spiro atoms. The number of anilines is 2. The quantitative estimate of drug-likeness (QED) is 0.883. The van der Waals surface area contributed by atoms with E-state index in [4.69, 9.17) is 17.3 Å². The Bertz CT molecular complexity index is 496. The average Bonchev–Trinajstić information content (AvgIpc) is 2.66. The van der Waals surface area contributed by atoms with E-state index in [-0.39, 0.29) is 0 Å². The van der Waals surface area contributed by atoms with Crippen LogP contribution in [0.1, 0.15) is 11.3 Å². The smallest absolute Gasteiger partial charge is 0.180 e.